The quantitative estimate of drug-likeness (QED) is 0.832. The van der Waals surface area contributed by atoms with E-state index in [1.807, 2.05) is 0 Å². The van der Waals surface area contributed by atoms with Crippen LogP contribution in [0.5, 0.6) is 0 Å². The fourth-order valence-electron chi connectivity index (χ4n) is 1.12. The molecule has 1 aromatic carbocycles. The summed E-state index contributed by atoms with van der Waals surface area (Å²) in [5.74, 6) is -0.641. The van der Waals surface area contributed by atoms with Gasteiger partial charge >= 0.3 is 0 Å². The van der Waals surface area contributed by atoms with Crippen LogP contribution >= 0.6 is 43.2 Å². The van der Waals surface area contributed by atoms with Gasteiger partial charge in [0.15, 0.2) is 5.13 Å². The Morgan fingerprint density at radius 1 is 1.33 bits per heavy atom. The number of halogens is 3. The standard InChI is InChI=1S/C9H5Br2FN2O2S2/c10-6-2-1-5(3-7(6)12)18(15,16)14-9-13-4-8(11)17-9/h1-4H,(H,13,14). The number of rotatable bonds is 3. The summed E-state index contributed by atoms with van der Waals surface area (Å²) in [6.45, 7) is 0. The third kappa shape index (κ3) is 3.08. The molecule has 18 heavy (non-hydrogen) atoms. The third-order valence-electron chi connectivity index (χ3n) is 1.90. The summed E-state index contributed by atoms with van der Waals surface area (Å²) < 4.78 is 40.3. The molecule has 0 bridgehead atoms. The van der Waals surface area contributed by atoms with Gasteiger partial charge in [-0.25, -0.2) is 17.8 Å². The lowest BCUT2D eigenvalue weighted by atomic mass is 10.3. The summed E-state index contributed by atoms with van der Waals surface area (Å²) in [6, 6.07) is 3.58. The van der Waals surface area contributed by atoms with E-state index in [1.165, 1.54) is 18.3 Å². The Kier molecular flexibility index (Phi) is 4.05. The van der Waals surface area contributed by atoms with E-state index >= 15 is 0 Å². The van der Waals surface area contributed by atoms with Gasteiger partial charge in [-0.05, 0) is 50.1 Å². The van der Waals surface area contributed by atoms with Crippen LogP contribution in [0.25, 0.3) is 0 Å². The Balaban J connectivity index is 2.33. The Morgan fingerprint density at radius 2 is 2.06 bits per heavy atom. The number of nitrogens with zero attached hydrogens (tertiary/aromatic N) is 1. The van der Waals surface area contributed by atoms with E-state index in [4.69, 9.17) is 0 Å². The van der Waals surface area contributed by atoms with Gasteiger partial charge in [0.1, 0.15) is 5.82 Å². The first-order valence-corrected chi connectivity index (χ1v) is 8.36. The number of nitrogens with one attached hydrogen (secondary N) is 1. The zero-order chi connectivity index (χ0) is 13.3. The van der Waals surface area contributed by atoms with Crippen LogP contribution in [0.3, 0.4) is 0 Å². The summed E-state index contributed by atoms with van der Waals surface area (Å²) in [4.78, 5) is 3.69. The normalized spacial score (nSPS) is 11.5. The van der Waals surface area contributed by atoms with E-state index in [0.717, 1.165) is 17.4 Å². The van der Waals surface area contributed by atoms with Gasteiger partial charge in [0.2, 0.25) is 0 Å². The largest absolute Gasteiger partial charge is 0.263 e. The van der Waals surface area contributed by atoms with Crippen molar-refractivity contribution in [3.05, 3.63) is 38.5 Å². The lowest BCUT2D eigenvalue weighted by molar-refractivity contribution is 0.593. The highest BCUT2D eigenvalue weighted by Crippen LogP contribution is 2.26. The molecule has 0 aliphatic rings. The summed E-state index contributed by atoms with van der Waals surface area (Å²) in [5.41, 5.74) is 0. The minimum Gasteiger partial charge on any atom is -0.255 e. The van der Waals surface area contributed by atoms with Crippen LogP contribution in [0.4, 0.5) is 9.52 Å². The second-order valence-electron chi connectivity index (χ2n) is 3.15. The zero-order valence-corrected chi connectivity index (χ0v) is 13.3. The summed E-state index contributed by atoms with van der Waals surface area (Å²) in [6.07, 6.45) is 1.48. The van der Waals surface area contributed by atoms with Gasteiger partial charge in [-0.3, -0.25) is 4.72 Å². The van der Waals surface area contributed by atoms with Crippen LogP contribution in [-0.4, -0.2) is 13.4 Å². The van der Waals surface area contributed by atoms with E-state index in [0.29, 0.717) is 3.79 Å². The maximum Gasteiger partial charge on any atom is 0.263 e. The Labute approximate surface area is 124 Å². The van der Waals surface area contributed by atoms with E-state index in [-0.39, 0.29) is 14.5 Å². The predicted molar refractivity (Wildman–Crippen MR) is 74.7 cm³/mol. The molecule has 2 aromatic rings. The molecule has 0 aliphatic carbocycles. The molecule has 0 saturated carbocycles. The van der Waals surface area contributed by atoms with Crippen molar-refractivity contribution in [3.8, 4) is 0 Å². The first-order chi connectivity index (χ1) is 8.38. The molecule has 0 spiro atoms. The van der Waals surface area contributed by atoms with Gasteiger partial charge in [-0.15, -0.1) is 0 Å². The zero-order valence-electron chi connectivity index (χ0n) is 8.52. The van der Waals surface area contributed by atoms with Crippen LogP contribution in [0.15, 0.2) is 37.6 Å². The lowest BCUT2D eigenvalue weighted by Crippen LogP contribution is -2.12. The summed E-state index contributed by atoms with van der Waals surface area (Å²) >= 11 is 7.26. The maximum atomic E-state index is 13.3. The maximum absolute atomic E-state index is 13.3. The third-order valence-corrected chi connectivity index (χ3v) is 5.40. The lowest BCUT2D eigenvalue weighted by Gasteiger charge is -2.05. The molecule has 1 N–H and O–H groups in total. The molecular weight excluding hydrogens is 411 g/mol. The van der Waals surface area contributed by atoms with Crippen LogP contribution in [-0.2, 0) is 10.0 Å². The fraction of sp³-hybridized carbons (Fsp3) is 0. The number of anilines is 1. The highest BCUT2D eigenvalue weighted by Gasteiger charge is 2.17. The second kappa shape index (κ2) is 5.24. The second-order valence-corrected chi connectivity index (χ2v) is 8.10. The number of hydrogen-bond acceptors (Lipinski definition) is 4. The molecule has 0 atom stereocenters. The molecule has 0 unspecified atom stereocenters. The van der Waals surface area contributed by atoms with Gasteiger partial charge in [-0.2, -0.15) is 0 Å². The van der Waals surface area contributed by atoms with Crippen molar-refractivity contribution >= 4 is 58.4 Å². The van der Waals surface area contributed by atoms with Crippen LogP contribution in [0, 0.1) is 5.82 Å². The van der Waals surface area contributed by atoms with Crippen molar-refractivity contribution in [2.24, 2.45) is 0 Å². The van der Waals surface area contributed by atoms with Gasteiger partial charge in [0.25, 0.3) is 10.0 Å². The Hall–Kier alpha value is -0.510. The molecule has 0 amide bonds. The van der Waals surface area contributed by atoms with Crippen molar-refractivity contribution in [1.29, 1.82) is 0 Å². The minimum absolute atomic E-state index is 0.158. The van der Waals surface area contributed by atoms with Gasteiger partial charge < -0.3 is 0 Å². The molecule has 2 rings (SSSR count). The molecule has 96 valence electrons. The van der Waals surface area contributed by atoms with E-state index in [1.54, 1.807) is 0 Å². The molecule has 0 radical (unpaired) electrons. The van der Waals surface area contributed by atoms with Crippen molar-refractivity contribution in [3.63, 3.8) is 0 Å². The molecule has 0 saturated heterocycles. The monoisotopic (exact) mass is 414 g/mol. The predicted octanol–water partition coefficient (Wildman–Crippen LogP) is 3.61. The van der Waals surface area contributed by atoms with Crippen molar-refractivity contribution < 1.29 is 12.8 Å². The van der Waals surface area contributed by atoms with E-state index in [2.05, 4.69) is 41.6 Å². The first kappa shape index (κ1) is 13.9. The van der Waals surface area contributed by atoms with Gasteiger partial charge in [-0.1, -0.05) is 11.3 Å². The number of hydrogen-bond donors (Lipinski definition) is 1. The average molecular weight is 416 g/mol. The number of sulfonamides is 1. The molecule has 4 nitrogen and oxygen atoms in total. The molecule has 0 aliphatic heterocycles. The van der Waals surface area contributed by atoms with Crippen LogP contribution in [0.1, 0.15) is 0 Å². The Bertz CT molecular complexity index is 688. The smallest absolute Gasteiger partial charge is 0.255 e. The molecule has 1 aromatic heterocycles. The number of thiazole rings is 1. The minimum atomic E-state index is -3.82. The first-order valence-electron chi connectivity index (χ1n) is 4.48. The van der Waals surface area contributed by atoms with E-state index < -0.39 is 15.8 Å². The van der Waals surface area contributed by atoms with Gasteiger partial charge in [0.05, 0.1) is 19.4 Å². The average Bonchev–Trinajstić information content (AvgIpc) is 2.67. The van der Waals surface area contributed by atoms with Crippen molar-refractivity contribution in [2.45, 2.75) is 4.90 Å². The fourth-order valence-corrected chi connectivity index (χ4v) is 3.73. The molecular formula is C9H5Br2FN2O2S2. The highest BCUT2D eigenvalue weighted by molar-refractivity contribution is 9.11. The Morgan fingerprint density at radius 3 is 2.61 bits per heavy atom. The highest BCUT2D eigenvalue weighted by atomic mass is 79.9. The molecule has 9 heteroatoms. The number of aromatic nitrogens is 1. The summed E-state index contributed by atoms with van der Waals surface area (Å²) in [5, 5.41) is 0.213. The van der Waals surface area contributed by atoms with Crippen LogP contribution < -0.4 is 4.72 Å². The summed E-state index contributed by atoms with van der Waals surface area (Å²) in [7, 11) is -3.82. The van der Waals surface area contributed by atoms with Crippen LogP contribution in [0.2, 0.25) is 0 Å². The molecule has 1 heterocycles. The topological polar surface area (TPSA) is 59.1 Å². The van der Waals surface area contributed by atoms with E-state index in [9.17, 15) is 12.8 Å². The van der Waals surface area contributed by atoms with Crippen molar-refractivity contribution in [1.82, 2.24) is 4.98 Å². The van der Waals surface area contributed by atoms with Crippen molar-refractivity contribution in [2.75, 3.05) is 4.72 Å². The SMILES string of the molecule is O=S(=O)(Nc1ncc(Br)s1)c1ccc(Br)c(F)c1. The molecule has 0 fully saturated rings. The van der Waals surface area contributed by atoms with Gasteiger partial charge in [0, 0.05) is 0 Å². The number of benzene rings is 1.